The van der Waals surface area contributed by atoms with Crippen molar-refractivity contribution in [2.24, 2.45) is 5.92 Å². The van der Waals surface area contributed by atoms with E-state index in [1.165, 1.54) is 30.4 Å². The lowest BCUT2D eigenvalue weighted by atomic mass is 9.92. The topological polar surface area (TPSA) is 40.5 Å². The Bertz CT molecular complexity index is 500. The molecule has 3 rings (SSSR count). The molecule has 1 fully saturated rings. The van der Waals surface area contributed by atoms with Gasteiger partial charge in [0.05, 0.1) is 0 Å². The van der Waals surface area contributed by atoms with Crippen LogP contribution >= 0.6 is 0 Å². The Morgan fingerprint density at radius 3 is 2.70 bits per heavy atom. The number of carboxylic acids is 1. The third-order valence-corrected chi connectivity index (χ3v) is 5.13. The fourth-order valence-electron chi connectivity index (χ4n) is 3.88. The lowest BCUT2D eigenvalue weighted by molar-refractivity contribution is -0.145. The van der Waals surface area contributed by atoms with Gasteiger partial charge < -0.3 is 5.11 Å². The summed E-state index contributed by atoms with van der Waals surface area (Å²) < 4.78 is 0. The number of nitrogens with zero attached hydrogens (tertiary/aromatic N) is 1. The highest BCUT2D eigenvalue weighted by Crippen LogP contribution is 2.35. The van der Waals surface area contributed by atoms with Crippen LogP contribution in [-0.2, 0) is 17.8 Å². The molecule has 3 unspecified atom stereocenters. The number of hydrogen-bond acceptors (Lipinski definition) is 2. The summed E-state index contributed by atoms with van der Waals surface area (Å²) in [6.07, 6.45) is 5.45. The van der Waals surface area contributed by atoms with E-state index in [4.69, 9.17) is 0 Å². The molecule has 0 aromatic heterocycles. The van der Waals surface area contributed by atoms with Crippen molar-refractivity contribution in [1.29, 1.82) is 0 Å². The van der Waals surface area contributed by atoms with Crippen molar-refractivity contribution < 1.29 is 9.90 Å². The van der Waals surface area contributed by atoms with Crippen molar-refractivity contribution >= 4 is 5.97 Å². The van der Waals surface area contributed by atoms with E-state index >= 15 is 0 Å². The first-order chi connectivity index (χ1) is 9.69. The van der Waals surface area contributed by atoms with Gasteiger partial charge in [-0.15, -0.1) is 0 Å². The van der Waals surface area contributed by atoms with Crippen molar-refractivity contribution in [1.82, 2.24) is 4.90 Å². The fraction of sp³-hybridized carbons (Fsp3) is 0.588. The van der Waals surface area contributed by atoms with Gasteiger partial charge in [0, 0.05) is 12.6 Å². The van der Waals surface area contributed by atoms with Gasteiger partial charge in [0.25, 0.3) is 0 Å². The molecule has 1 aromatic rings. The minimum atomic E-state index is -0.667. The SMILES string of the molecule is CCC1CCC(N2Cc3ccccc3CC2C(=O)O)C1. The first-order valence-electron chi connectivity index (χ1n) is 7.74. The summed E-state index contributed by atoms with van der Waals surface area (Å²) in [4.78, 5) is 13.9. The molecule has 3 heteroatoms. The average Bonchev–Trinajstić information content (AvgIpc) is 2.94. The maximum atomic E-state index is 11.6. The zero-order valence-corrected chi connectivity index (χ0v) is 12.1. The minimum absolute atomic E-state index is 0.342. The second-order valence-corrected chi connectivity index (χ2v) is 6.24. The summed E-state index contributed by atoms with van der Waals surface area (Å²) in [6, 6.07) is 8.40. The van der Waals surface area contributed by atoms with Gasteiger partial charge in [0.15, 0.2) is 0 Å². The van der Waals surface area contributed by atoms with Crippen LogP contribution in [0.25, 0.3) is 0 Å². The number of carboxylic acid groups (broad SMARTS) is 1. The van der Waals surface area contributed by atoms with Crippen molar-refractivity contribution in [2.75, 3.05) is 0 Å². The van der Waals surface area contributed by atoms with E-state index < -0.39 is 5.97 Å². The lowest BCUT2D eigenvalue weighted by Gasteiger charge is -2.38. The standard InChI is InChI=1S/C17H23NO2/c1-2-12-7-8-15(9-12)18-11-14-6-4-3-5-13(14)10-16(18)17(19)20/h3-6,12,15-16H,2,7-11H2,1H3,(H,19,20). The third-order valence-electron chi connectivity index (χ3n) is 5.13. The van der Waals surface area contributed by atoms with Gasteiger partial charge in [-0.05, 0) is 42.7 Å². The second kappa shape index (κ2) is 5.57. The van der Waals surface area contributed by atoms with E-state index in [2.05, 4.69) is 30.0 Å². The molecule has 0 amide bonds. The summed E-state index contributed by atoms with van der Waals surface area (Å²) in [6.45, 7) is 3.04. The Balaban J connectivity index is 1.83. The number of aliphatic carboxylic acids is 1. The molecule has 20 heavy (non-hydrogen) atoms. The summed E-state index contributed by atoms with van der Waals surface area (Å²) in [5.74, 6) is 0.117. The molecular formula is C17H23NO2. The molecule has 0 radical (unpaired) electrons. The molecule has 1 heterocycles. The number of carbonyl (C=O) groups is 1. The van der Waals surface area contributed by atoms with Crippen LogP contribution in [0, 0.1) is 5.92 Å². The summed E-state index contributed by atoms with van der Waals surface area (Å²) in [7, 11) is 0. The van der Waals surface area contributed by atoms with Crippen LogP contribution in [-0.4, -0.2) is 28.1 Å². The molecule has 0 spiro atoms. The summed E-state index contributed by atoms with van der Waals surface area (Å²) >= 11 is 0. The van der Waals surface area contributed by atoms with Crippen molar-refractivity contribution in [2.45, 2.75) is 57.7 Å². The zero-order valence-electron chi connectivity index (χ0n) is 12.1. The predicted molar refractivity (Wildman–Crippen MR) is 78.5 cm³/mol. The highest BCUT2D eigenvalue weighted by Gasteiger charge is 2.38. The Kier molecular flexibility index (Phi) is 3.79. The van der Waals surface area contributed by atoms with Gasteiger partial charge in [-0.25, -0.2) is 0 Å². The van der Waals surface area contributed by atoms with Crippen molar-refractivity contribution in [3.05, 3.63) is 35.4 Å². The van der Waals surface area contributed by atoms with Gasteiger partial charge in [-0.3, -0.25) is 9.69 Å². The van der Waals surface area contributed by atoms with Crippen LogP contribution in [0.4, 0.5) is 0 Å². The molecule has 3 nitrogen and oxygen atoms in total. The Hall–Kier alpha value is -1.35. The number of hydrogen-bond donors (Lipinski definition) is 1. The Labute approximate surface area is 120 Å². The van der Waals surface area contributed by atoms with E-state index in [0.717, 1.165) is 18.9 Å². The summed E-state index contributed by atoms with van der Waals surface area (Å²) in [5, 5.41) is 9.58. The first kappa shape index (κ1) is 13.6. The van der Waals surface area contributed by atoms with Gasteiger partial charge >= 0.3 is 5.97 Å². The molecule has 1 aromatic carbocycles. The van der Waals surface area contributed by atoms with Crippen LogP contribution in [0.2, 0.25) is 0 Å². The number of rotatable bonds is 3. The van der Waals surface area contributed by atoms with Crippen LogP contribution in [0.1, 0.15) is 43.7 Å². The van der Waals surface area contributed by atoms with Gasteiger partial charge in [-0.2, -0.15) is 0 Å². The predicted octanol–water partition coefficient (Wildman–Crippen LogP) is 3.08. The highest BCUT2D eigenvalue weighted by molar-refractivity contribution is 5.74. The summed E-state index contributed by atoms with van der Waals surface area (Å²) in [5.41, 5.74) is 2.52. The maximum absolute atomic E-state index is 11.6. The maximum Gasteiger partial charge on any atom is 0.321 e. The largest absolute Gasteiger partial charge is 0.480 e. The third kappa shape index (κ3) is 2.47. The van der Waals surface area contributed by atoms with E-state index in [-0.39, 0.29) is 6.04 Å². The monoisotopic (exact) mass is 273 g/mol. The first-order valence-corrected chi connectivity index (χ1v) is 7.74. The number of benzene rings is 1. The molecule has 0 bridgehead atoms. The molecule has 3 atom stereocenters. The molecule has 2 aliphatic rings. The smallest absolute Gasteiger partial charge is 0.321 e. The Morgan fingerprint density at radius 1 is 1.30 bits per heavy atom. The molecular weight excluding hydrogens is 250 g/mol. The molecule has 0 saturated heterocycles. The van der Waals surface area contributed by atoms with Crippen molar-refractivity contribution in [3.8, 4) is 0 Å². The van der Waals surface area contributed by atoms with Crippen LogP contribution in [0.15, 0.2) is 24.3 Å². The normalized spacial score (nSPS) is 30.1. The zero-order chi connectivity index (χ0) is 14.1. The second-order valence-electron chi connectivity index (χ2n) is 6.24. The van der Waals surface area contributed by atoms with Gasteiger partial charge in [-0.1, -0.05) is 37.6 Å². The van der Waals surface area contributed by atoms with Crippen LogP contribution in [0.5, 0.6) is 0 Å². The molecule has 1 aliphatic heterocycles. The lowest BCUT2D eigenvalue weighted by Crippen LogP contribution is -2.49. The fourth-order valence-corrected chi connectivity index (χ4v) is 3.88. The average molecular weight is 273 g/mol. The molecule has 1 N–H and O–H groups in total. The van der Waals surface area contributed by atoms with Crippen LogP contribution < -0.4 is 0 Å². The van der Waals surface area contributed by atoms with Crippen molar-refractivity contribution in [3.63, 3.8) is 0 Å². The van der Waals surface area contributed by atoms with Gasteiger partial charge in [0.2, 0.25) is 0 Å². The van der Waals surface area contributed by atoms with E-state index in [0.29, 0.717) is 12.5 Å². The molecule has 108 valence electrons. The van der Waals surface area contributed by atoms with E-state index in [1.807, 2.05) is 6.07 Å². The molecule has 1 aliphatic carbocycles. The highest BCUT2D eigenvalue weighted by atomic mass is 16.4. The van der Waals surface area contributed by atoms with E-state index in [1.54, 1.807) is 0 Å². The molecule has 1 saturated carbocycles. The van der Waals surface area contributed by atoms with Crippen LogP contribution in [0.3, 0.4) is 0 Å². The quantitative estimate of drug-likeness (QED) is 0.920. The minimum Gasteiger partial charge on any atom is -0.480 e. The van der Waals surface area contributed by atoms with E-state index in [9.17, 15) is 9.90 Å². The number of fused-ring (bicyclic) bond motifs is 1. The Morgan fingerprint density at radius 2 is 2.05 bits per heavy atom. The van der Waals surface area contributed by atoms with Gasteiger partial charge in [0.1, 0.15) is 6.04 Å².